The number of alkyl halides is 3. The van der Waals surface area contributed by atoms with Gasteiger partial charge >= 0.3 is 12.1 Å². The van der Waals surface area contributed by atoms with E-state index in [-0.39, 0.29) is 30.1 Å². The molecule has 1 aliphatic heterocycles. The predicted octanol–water partition coefficient (Wildman–Crippen LogP) is 5.84. The number of para-hydroxylation sites is 2. The van der Waals surface area contributed by atoms with Crippen molar-refractivity contribution in [1.82, 2.24) is 9.80 Å². The fourth-order valence-electron chi connectivity index (χ4n) is 5.47. The van der Waals surface area contributed by atoms with E-state index in [1.165, 1.54) is 11.6 Å². The van der Waals surface area contributed by atoms with E-state index in [4.69, 9.17) is 14.2 Å². The van der Waals surface area contributed by atoms with Gasteiger partial charge in [-0.2, -0.15) is 18.4 Å². The molecule has 0 saturated carbocycles. The summed E-state index contributed by atoms with van der Waals surface area (Å²) in [6.07, 6.45) is -2.18. The minimum atomic E-state index is -4.43. The number of esters is 1. The van der Waals surface area contributed by atoms with Gasteiger partial charge in [0.25, 0.3) is 0 Å². The monoisotopic (exact) mass is 596 g/mol. The SMILES string of the molecule is CC(Cc1cc(C#N)c2c(c1)CC[N+]2(C)CCCOC(=O)c1ccccc1)NCCOc1ccccc1OCC(F)(F)F. The molecular formula is C33H37F3N3O4+. The van der Waals surface area contributed by atoms with Crippen LogP contribution in [0.5, 0.6) is 11.5 Å². The zero-order valence-corrected chi connectivity index (χ0v) is 24.5. The van der Waals surface area contributed by atoms with Crippen molar-refractivity contribution < 1.29 is 32.2 Å². The molecule has 0 aliphatic carbocycles. The zero-order chi connectivity index (χ0) is 30.9. The van der Waals surface area contributed by atoms with Crippen LogP contribution in [0, 0.1) is 11.3 Å². The number of halogens is 3. The highest BCUT2D eigenvalue weighted by atomic mass is 19.4. The third-order valence-corrected chi connectivity index (χ3v) is 7.46. The Labute approximate surface area is 250 Å². The second-order valence-corrected chi connectivity index (χ2v) is 11.0. The maximum Gasteiger partial charge on any atom is 0.422 e. The third-order valence-electron chi connectivity index (χ3n) is 7.46. The Morgan fingerprint density at radius 3 is 2.44 bits per heavy atom. The Kier molecular flexibility index (Phi) is 10.7. The number of hydrogen-bond acceptors (Lipinski definition) is 6. The molecule has 0 fully saturated rings. The van der Waals surface area contributed by atoms with E-state index in [0.29, 0.717) is 41.6 Å². The van der Waals surface area contributed by atoms with Crippen molar-refractivity contribution in [3.05, 3.63) is 89.0 Å². The summed E-state index contributed by atoms with van der Waals surface area (Å²) >= 11 is 0. The minimum Gasteiger partial charge on any atom is -0.488 e. The largest absolute Gasteiger partial charge is 0.488 e. The van der Waals surface area contributed by atoms with Crippen LogP contribution in [0.3, 0.4) is 0 Å². The Morgan fingerprint density at radius 2 is 1.74 bits per heavy atom. The average molecular weight is 597 g/mol. The van der Waals surface area contributed by atoms with Gasteiger partial charge in [-0.25, -0.2) is 4.79 Å². The van der Waals surface area contributed by atoms with Crippen LogP contribution in [0.4, 0.5) is 18.9 Å². The highest BCUT2D eigenvalue weighted by Crippen LogP contribution is 2.38. The van der Waals surface area contributed by atoms with Gasteiger partial charge in [-0.05, 0) is 55.3 Å². The number of benzene rings is 3. The van der Waals surface area contributed by atoms with Gasteiger partial charge in [0.15, 0.2) is 23.8 Å². The molecule has 4 rings (SSSR count). The number of ether oxygens (including phenoxy) is 3. The first kappa shape index (κ1) is 31.9. The smallest absolute Gasteiger partial charge is 0.422 e. The molecule has 0 bridgehead atoms. The fourth-order valence-corrected chi connectivity index (χ4v) is 5.47. The molecule has 1 heterocycles. The standard InChI is InChI=1S/C33H37F3N3O4/c1-24(38-14-18-41-29-11-6-7-12-30(29)43-23-33(34,35)36)19-25-20-27-13-16-39(2,31(27)28(21-25)22-37)15-8-17-42-32(40)26-9-4-3-5-10-26/h3-7,9-12,20-21,24,38H,8,13-19,23H2,1-2H3/q+1. The van der Waals surface area contributed by atoms with E-state index in [0.717, 1.165) is 30.8 Å². The summed E-state index contributed by atoms with van der Waals surface area (Å²) in [6, 6.07) is 21.8. The molecule has 2 atom stereocenters. The summed E-state index contributed by atoms with van der Waals surface area (Å²) in [4.78, 5) is 12.2. The number of likely N-dealkylation sites (N-methyl/N-ethyl adjacent to an activating group) is 1. The number of quaternary nitrogens is 1. The fraction of sp³-hybridized carbons (Fsp3) is 0.394. The van der Waals surface area contributed by atoms with Gasteiger partial charge in [-0.3, -0.25) is 4.48 Å². The molecule has 3 aromatic rings. The van der Waals surface area contributed by atoms with Crippen molar-refractivity contribution >= 4 is 11.7 Å². The quantitative estimate of drug-likeness (QED) is 0.143. The van der Waals surface area contributed by atoms with Crippen LogP contribution in [-0.2, 0) is 17.6 Å². The summed E-state index contributed by atoms with van der Waals surface area (Å²) in [5.74, 6) is -0.0239. The molecule has 0 saturated heterocycles. The van der Waals surface area contributed by atoms with Crippen LogP contribution in [0.1, 0.15) is 40.4 Å². The maximum atomic E-state index is 12.5. The molecule has 2 unspecified atom stereocenters. The molecule has 0 aromatic heterocycles. The lowest BCUT2D eigenvalue weighted by molar-refractivity contribution is -0.153. The van der Waals surface area contributed by atoms with E-state index >= 15 is 0 Å². The van der Waals surface area contributed by atoms with Crippen LogP contribution >= 0.6 is 0 Å². The van der Waals surface area contributed by atoms with Crippen molar-refractivity contribution in [1.29, 1.82) is 5.26 Å². The van der Waals surface area contributed by atoms with Gasteiger partial charge in [-0.15, -0.1) is 0 Å². The van der Waals surface area contributed by atoms with Crippen molar-refractivity contribution in [2.75, 3.05) is 46.5 Å². The second-order valence-electron chi connectivity index (χ2n) is 11.0. The molecule has 0 amide bonds. The summed E-state index contributed by atoms with van der Waals surface area (Å²) < 4.78 is 54.2. The molecule has 1 N–H and O–H groups in total. The van der Waals surface area contributed by atoms with E-state index in [2.05, 4.69) is 24.5 Å². The number of nitriles is 1. The maximum absolute atomic E-state index is 12.5. The molecule has 10 heteroatoms. The lowest BCUT2D eigenvalue weighted by atomic mass is 9.98. The van der Waals surface area contributed by atoms with Crippen LogP contribution < -0.4 is 19.3 Å². The molecule has 43 heavy (non-hydrogen) atoms. The molecule has 7 nitrogen and oxygen atoms in total. The first-order valence-corrected chi connectivity index (χ1v) is 14.4. The minimum absolute atomic E-state index is 0.0497. The lowest BCUT2D eigenvalue weighted by Gasteiger charge is -2.30. The van der Waals surface area contributed by atoms with Crippen LogP contribution in [-0.4, -0.2) is 64.7 Å². The van der Waals surface area contributed by atoms with Gasteiger partial charge < -0.3 is 19.5 Å². The summed E-state index contributed by atoms with van der Waals surface area (Å²) in [5, 5.41) is 13.4. The topological polar surface area (TPSA) is 80.6 Å². The molecular weight excluding hydrogens is 559 g/mol. The van der Waals surface area contributed by atoms with Gasteiger partial charge in [0.1, 0.15) is 18.2 Å². The number of rotatable bonds is 14. The highest BCUT2D eigenvalue weighted by molar-refractivity contribution is 5.89. The predicted molar refractivity (Wildman–Crippen MR) is 158 cm³/mol. The van der Waals surface area contributed by atoms with Crippen molar-refractivity contribution in [2.24, 2.45) is 0 Å². The summed E-state index contributed by atoms with van der Waals surface area (Å²) in [5.41, 5.74) is 4.47. The Bertz CT molecular complexity index is 1430. The van der Waals surface area contributed by atoms with Gasteiger partial charge in [0, 0.05) is 31.0 Å². The third kappa shape index (κ3) is 8.96. The van der Waals surface area contributed by atoms with Crippen molar-refractivity contribution in [3.8, 4) is 17.6 Å². The van der Waals surface area contributed by atoms with Crippen LogP contribution in [0.25, 0.3) is 0 Å². The van der Waals surface area contributed by atoms with E-state index in [1.54, 1.807) is 42.5 Å². The molecule has 0 spiro atoms. The summed E-state index contributed by atoms with van der Waals surface area (Å²) in [7, 11) is 2.13. The first-order valence-electron chi connectivity index (χ1n) is 14.4. The van der Waals surface area contributed by atoms with Gasteiger partial charge in [-0.1, -0.05) is 30.3 Å². The Morgan fingerprint density at radius 1 is 1.05 bits per heavy atom. The normalized spacial score (nSPS) is 16.7. The number of hydrogen-bond donors (Lipinski definition) is 1. The van der Waals surface area contributed by atoms with Crippen molar-refractivity contribution in [2.45, 2.75) is 38.4 Å². The zero-order valence-electron chi connectivity index (χ0n) is 24.5. The van der Waals surface area contributed by atoms with E-state index in [1.807, 2.05) is 19.1 Å². The van der Waals surface area contributed by atoms with Crippen LogP contribution in [0.2, 0.25) is 0 Å². The van der Waals surface area contributed by atoms with E-state index < -0.39 is 12.8 Å². The number of nitrogens with one attached hydrogen (secondary N) is 1. The van der Waals surface area contributed by atoms with Gasteiger partial charge in [0.05, 0.1) is 32.3 Å². The molecule has 1 aliphatic rings. The number of fused-ring (bicyclic) bond motifs is 1. The number of carbonyl (C=O) groups is 1. The van der Waals surface area contributed by atoms with E-state index in [9.17, 15) is 23.2 Å². The lowest BCUT2D eigenvalue weighted by Crippen LogP contribution is -2.45. The second kappa shape index (κ2) is 14.4. The first-order chi connectivity index (χ1) is 20.6. The Balaban J connectivity index is 1.27. The Hall–Kier alpha value is -4.07. The summed E-state index contributed by atoms with van der Waals surface area (Å²) in [6.45, 7) is 3.34. The average Bonchev–Trinajstić information content (AvgIpc) is 3.32. The van der Waals surface area contributed by atoms with Crippen LogP contribution in [0.15, 0.2) is 66.7 Å². The van der Waals surface area contributed by atoms with Crippen molar-refractivity contribution in [3.63, 3.8) is 0 Å². The number of nitrogens with zero attached hydrogens (tertiary/aromatic N) is 2. The highest BCUT2D eigenvalue weighted by Gasteiger charge is 2.37. The molecule has 3 aromatic carbocycles. The molecule has 228 valence electrons. The number of carbonyl (C=O) groups excluding carboxylic acids is 1. The molecule has 0 radical (unpaired) electrons. The van der Waals surface area contributed by atoms with Gasteiger partial charge in [0.2, 0.25) is 0 Å².